The van der Waals surface area contributed by atoms with E-state index < -0.39 is 12.2 Å². The summed E-state index contributed by atoms with van der Waals surface area (Å²) >= 11 is 0. The van der Waals surface area contributed by atoms with Crippen LogP contribution >= 0.6 is 0 Å². The average molecular weight is 521 g/mol. The van der Waals surface area contributed by atoms with Gasteiger partial charge in [-0.25, -0.2) is 0 Å². The number of ether oxygens (including phenoxy) is 6. The lowest BCUT2D eigenvalue weighted by molar-refractivity contribution is -0.0218. The highest BCUT2D eigenvalue weighted by Crippen LogP contribution is 2.36. The number of benzene rings is 3. The summed E-state index contributed by atoms with van der Waals surface area (Å²) in [6.45, 7) is 7.72. The van der Waals surface area contributed by atoms with Crippen molar-refractivity contribution in [3.63, 3.8) is 0 Å². The SMILES string of the molecule is C=CCc1ccc(OC[C@H](Oc2ccc(CC=C)cc2OC)[C@@H](OC)c2ccc(O)c(OC)c2)c(OC)c1. The first kappa shape index (κ1) is 28.5. The summed E-state index contributed by atoms with van der Waals surface area (Å²) in [5.41, 5.74) is 2.85. The molecule has 0 unspecified atom stereocenters. The van der Waals surface area contributed by atoms with Crippen molar-refractivity contribution < 1.29 is 33.5 Å². The van der Waals surface area contributed by atoms with Crippen LogP contribution in [0.3, 0.4) is 0 Å². The van der Waals surface area contributed by atoms with Crippen molar-refractivity contribution in [2.45, 2.75) is 25.0 Å². The fraction of sp³-hybridized carbons (Fsp3) is 0.290. The minimum Gasteiger partial charge on any atom is -0.504 e. The zero-order valence-electron chi connectivity index (χ0n) is 22.4. The van der Waals surface area contributed by atoms with Crippen LogP contribution in [0.15, 0.2) is 79.9 Å². The Morgan fingerprint density at radius 3 is 1.84 bits per heavy atom. The Hall–Kier alpha value is -4.10. The molecule has 0 aliphatic rings. The third kappa shape index (κ3) is 7.01. The number of methoxy groups -OCH3 is 4. The van der Waals surface area contributed by atoms with Crippen molar-refractivity contribution in [3.05, 3.63) is 96.6 Å². The first-order valence-corrected chi connectivity index (χ1v) is 12.2. The Morgan fingerprint density at radius 1 is 0.711 bits per heavy atom. The van der Waals surface area contributed by atoms with Crippen LogP contribution in [-0.2, 0) is 17.6 Å². The second-order valence-corrected chi connectivity index (χ2v) is 8.51. The second-order valence-electron chi connectivity index (χ2n) is 8.51. The molecule has 0 amide bonds. The molecule has 0 aliphatic carbocycles. The molecule has 0 aromatic heterocycles. The summed E-state index contributed by atoms with van der Waals surface area (Å²) in [5.74, 6) is 2.66. The van der Waals surface area contributed by atoms with E-state index in [-0.39, 0.29) is 12.4 Å². The molecule has 3 rings (SSSR count). The average Bonchev–Trinajstić information content (AvgIpc) is 2.94. The fourth-order valence-corrected chi connectivity index (χ4v) is 4.12. The molecule has 38 heavy (non-hydrogen) atoms. The third-order valence-electron chi connectivity index (χ3n) is 6.02. The van der Waals surface area contributed by atoms with Gasteiger partial charge in [-0.2, -0.15) is 0 Å². The van der Waals surface area contributed by atoms with Gasteiger partial charge >= 0.3 is 0 Å². The van der Waals surface area contributed by atoms with Gasteiger partial charge in [-0.05, 0) is 65.9 Å². The molecule has 0 heterocycles. The van der Waals surface area contributed by atoms with E-state index in [0.29, 0.717) is 35.2 Å². The normalized spacial score (nSPS) is 12.2. The van der Waals surface area contributed by atoms with Gasteiger partial charge in [-0.3, -0.25) is 0 Å². The number of phenols is 1. The number of allylic oxidation sites excluding steroid dienone is 2. The number of phenolic OH excluding ortho intramolecular Hbond substituents is 1. The Labute approximate surface area is 224 Å². The van der Waals surface area contributed by atoms with Crippen LogP contribution < -0.4 is 23.7 Å². The molecule has 3 aromatic carbocycles. The van der Waals surface area contributed by atoms with E-state index in [4.69, 9.17) is 28.4 Å². The maximum absolute atomic E-state index is 10.1. The number of rotatable bonds is 15. The molecule has 1 N–H and O–H groups in total. The van der Waals surface area contributed by atoms with Crippen LogP contribution in [0.25, 0.3) is 0 Å². The number of aromatic hydroxyl groups is 1. The molecule has 2 atom stereocenters. The summed E-state index contributed by atoms with van der Waals surface area (Å²) in [6, 6.07) is 16.5. The van der Waals surface area contributed by atoms with Crippen molar-refractivity contribution in [3.8, 4) is 34.5 Å². The summed E-state index contributed by atoms with van der Waals surface area (Å²) in [4.78, 5) is 0. The maximum Gasteiger partial charge on any atom is 0.163 e. The van der Waals surface area contributed by atoms with Crippen LogP contribution in [-0.4, -0.2) is 46.3 Å². The van der Waals surface area contributed by atoms with E-state index in [2.05, 4.69) is 13.2 Å². The van der Waals surface area contributed by atoms with Crippen LogP contribution in [0.1, 0.15) is 22.8 Å². The standard InChI is InChI=1S/C31H36O7/c1-7-9-21-11-15-25(28(17-21)34-4)37-20-30(31(36-6)23-13-14-24(32)27(19-23)33-3)38-26-16-12-22(10-8-2)18-29(26)35-5/h7-8,11-19,30-32H,1-2,9-10,20H2,3-6H3/t30-,31-/m0/s1. The molecular weight excluding hydrogens is 484 g/mol. The smallest absolute Gasteiger partial charge is 0.163 e. The Bertz CT molecular complexity index is 1220. The molecule has 7 heteroatoms. The quantitative estimate of drug-likeness (QED) is 0.243. The minimum atomic E-state index is -0.619. The van der Waals surface area contributed by atoms with E-state index in [9.17, 15) is 5.11 Å². The van der Waals surface area contributed by atoms with Crippen molar-refractivity contribution >= 4 is 0 Å². The number of hydrogen-bond acceptors (Lipinski definition) is 7. The van der Waals surface area contributed by atoms with Gasteiger partial charge in [0.25, 0.3) is 0 Å². The first-order chi connectivity index (χ1) is 18.5. The van der Waals surface area contributed by atoms with Gasteiger partial charge in [0.2, 0.25) is 0 Å². The monoisotopic (exact) mass is 520 g/mol. The Kier molecular flexibility index (Phi) is 10.5. The Balaban J connectivity index is 1.97. The Morgan fingerprint density at radius 2 is 1.29 bits per heavy atom. The van der Waals surface area contributed by atoms with E-state index in [0.717, 1.165) is 23.1 Å². The summed E-state index contributed by atoms with van der Waals surface area (Å²) in [5, 5.41) is 10.1. The van der Waals surface area contributed by atoms with Crippen molar-refractivity contribution in [2.75, 3.05) is 35.0 Å². The highest BCUT2D eigenvalue weighted by atomic mass is 16.6. The van der Waals surface area contributed by atoms with E-state index in [1.165, 1.54) is 7.11 Å². The van der Waals surface area contributed by atoms with E-state index in [1.807, 2.05) is 48.6 Å². The molecule has 3 aromatic rings. The molecule has 0 spiro atoms. The van der Waals surface area contributed by atoms with Crippen molar-refractivity contribution in [2.24, 2.45) is 0 Å². The van der Waals surface area contributed by atoms with Gasteiger partial charge < -0.3 is 33.5 Å². The fourth-order valence-electron chi connectivity index (χ4n) is 4.12. The molecule has 0 aliphatic heterocycles. The highest BCUT2D eigenvalue weighted by molar-refractivity contribution is 5.46. The lowest BCUT2D eigenvalue weighted by atomic mass is 10.0. The largest absolute Gasteiger partial charge is 0.504 e. The second kappa shape index (κ2) is 14.0. The molecule has 0 fully saturated rings. The molecule has 202 valence electrons. The highest BCUT2D eigenvalue weighted by Gasteiger charge is 2.29. The van der Waals surface area contributed by atoms with E-state index in [1.54, 1.807) is 39.5 Å². The first-order valence-electron chi connectivity index (χ1n) is 12.2. The van der Waals surface area contributed by atoms with E-state index >= 15 is 0 Å². The van der Waals surface area contributed by atoms with Crippen molar-refractivity contribution in [1.82, 2.24) is 0 Å². The van der Waals surface area contributed by atoms with Gasteiger partial charge in [0, 0.05) is 7.11 Å². The van der Waals surface area contributed by atoms with Gasteiger partial charge in [0.1, 0.15) is 12.7 Å². The maximum atomic E-state index is 10.1. The molecule has 0 bridgehead atoms. The summed E-state index contributed by atoms with van der Waals surface area (Å²) in [7, 11) is 6.29. The zero-order valence-corrected chi connectivity index (χ0v) is 22.4. The van der Waals surface area contributed by atoms with Crippen LogP contribution in [0.5, 0.6) is 34.5 Å². The van der Waals surface area contributed by atoms with Crippen LogP contribution in [0, 0.1) is 0 Å². The van der Waals surface area contributed by atoms with Gasteiger partial charge in [-0.1, -0.05) is 30.4 Å². The lowest BCUT2D eigenvalue weighted by Crippen LogP contribution is -2.33. The summed E-state index contributed by atoms with van der Waals surface area (Å²) < 4.78 is 35.1. The molecule has 0 radical (unpaired) electrons. The van der Waals surface area contributed by atoms with Crippen LogP contribution in [0.2, 0.25) is 0 Å². The molecular formula is C31H36O7. The topological polar surface area (TPSA) is 75.6 Å². The predicted molar refractivity (Wildman–Crippen MR) is 148 cm³/mol. The summed E-state index contributed by atoms with van der Waals surface area (Å²) in [6.07, 6.45) is 3.90. The molecule has 0 saturated carbocycles. The van der Waals surface area contributed by atoms with Gasteiger partial charge in [-0.15, -0.1) is 13.2 Å². The number of hydrogen-bond donors (Lipinski definition) is 1. The zero-order chi connectivity index (χ0) is 27.5. The van der Waals surface area contributed by atoms with Crippen molar-refractivity contribution in [1.29, 1.82) is 0 Å². The van der Waals surface area contributed by atoms with Gasteiger partial charge in [0.05, 0.1) is 21.3 Å². The third-order valence-corrected chi connectivity index (χ3v) is 6.02. The minimum absolute atomic E-state index is 0.0312. The predicted octanol–water partition coefficient (Wildman–Crippen LogP) is 6.09. The van der Waals surface area contributed by atoms with Gasteiger partial charge in [0.15, 0.2) is 40.6 Å². The molecule has 0 saturated heterocycles. The molecule has 7 nitrogen and oxygen atoms in total. The lowest BCUT2D eigenvalue weighted by Gasteiger charge is -2.28. The van der Waals surface area contributed by atoms with Crippen LogP contribution in [0.4, 0.5) is 0 Å².